The molecule has 0 aliphatic heterocycles. The second-order valence-electron chi connectivity index (χ2n) is 7.30. The molecule has 0 atom stereocenters. The number of nitriles is 1. The fourth-order valence-corrected chi connectivity index (χ4v) is 3.63. The molecule has 1 aromatic rings. The summed E-state index contributed by atoms with van der Waals surface area (Å²) in [6.07, 6.45) is 2.45. The highest BCUT2D eigenvalue weighted by molar-refractivity contribution is 6.31. The van der Waals surface area contributed by atoms with Gasteiger partial charge in [-0.2, -0.15) is 18.4 Å². The molecule has 0 aromatic heterocycles. The first-order chi connectivity index (χ1) is 15.1. The van der Waals surface area contributed by atoms with Gasteiger partial charge in [-0.15, -0.1) is 0 Å². The molecule has 32 heavy (non-hydrogen) atoms. The Morgan fingerprint density at radius 1 is 1.38 bits per heavy atom. The summed E-state index contributed by atoms with van der Waals surface area (Å²) < 4.78 is 44.4. The van der Waals surface area contributed by atoms with E-state index in [9.17, 15) is 18.3 Å². The lowest BCUT2D eigenvalue weighted by Gasteiger charge is -2.23. The lowest BCUT2D eigenvalue weighted by Crippen LogP contribution is -2.23. The van der Waals surface area contributed by atoms with Gasteiger partial charge in [0.25, 0.3) is 0 Å². The second kappa shape index (κ2) is 11.1. The Hall–Kier alpha value is -2.92. The third-order valence-electron chi connectivity index (χ3n) is 4.94. The van der Waals surface area contributed by atoms with Gasteiger partial charge in [0.05, 0.1) is 23.3 Å². The molecule has 1 aliphatic rings. The summed E-state index contributed by atoms with van der Waals surface area (Å²) in [5.41, 5.74) is -0.529. The van der Waals surface area contributed by atoms with Crippen molar-refractivity contribution in [1.82, 2.24) is 4.90 Å². The Kier molecular flexibility index (Phi) is 8.79. The van der Waals surface area contributed by atoms with Crippen LogP contribution in [0.15, 0.2) is 46.7 Å². The van der Waals surface area contributed by atoms with Gasteiger partial charge in [-0.1, -0.05) is 31.0 Å². The first-order valence-corrected chi connectivity index (χ1v) is 10.5. The summed E-state index contributed by atoms with van der Waals surface area (Å²) in [5, 5.41) is 27.2. The normalized spacial score (nSPS) is 14.0. The number of hydrogen-bond acceptors (Lipinski definition) is 5. The third kappa shape index (κ3) is 6.30. The standard InChI is InChI=1S/C23H25ClF3N3O2/c1-3-6-16-20(10-9-17(21(16)31)22(29)23(25,26)27)32-12-5-11-30(2)19-8-4-7-15(14-28)13-18(19)24/h4,7,9-10,13,29,31H,3,5-6,8,11-12H2,1-2H3. The number of phenolic OH excluding ortho intramolecular Hbond substituents is 1. The molecule has 172 valence electrons. The minimum Gasteiger partial charge on any atom is -0.507 e. The van der Waals surface area contributed by atoms with Crippen molar-refractivity contribution in [2.75, 3.05) is 20.2 Å². The van der Waals surface area contributed by atoms with Crippen LogP contribution >= 0.6 is 11.6 Å². The van der Waals surface area contributed by atoms with Crippen molar-refractivity contribution in [2.24, 2.45) is 0 Å². The Morgan fingerprint density at radius 3 is 2.72 bits per heavy atom. The molecule has 0 saturated carbocycles. The average molecular weight is 468 g/mol. The number of aromatic hydroxyl groups is 1. The van der Waals surface area contributed by atoms with Crippen LogP contribution in [0.25, 0.3) is 0 Å². The molecule has 0 radical (unpaired) electrons. The van der Waals surface area contributed by atoms with E-state index in [4.69, 9.17) is 27.0 Å². The van der Waals surface area contributed by atoms with E-state index in [-0.39, 0.29) is 12.2 Å². The van der Waals surface area contributed by atoms with E-state index in [0.29, 0.717) is 48.6 Å². The average Bonchev–Trinajstić information content (AvgIpc) is 2.93. The van der Waals surface area contributed by atoms with Crippen LogP contribution in [0, 0.1) is 16.7 Å². The fourth-order valence-electron chi connectivity index (χ4n) is 3.29. The van der Waals surface area contributed by atoms with Gasteiger partial charge in [-0.3, -0.25) is 5.41 Å². The smallest absolute Gasteiger partial charge is 0.433 e. The number of alkyl halides is 3. The minimum atomic E-state index is -4.85. The summed E-state index contributed by atoms with van der Waals surface area (Å²) in [4.78, 5) is 1.96. The molecule has 0 saturated heterocycles. The lowest BCUT2D eigenvalue weighted by molar-refractivity contribution is -0.0588. The molecular formula is C23H25ClF3N3O2. The molecule has 0 unspecified atom stereocenters. The molecule has 1 aromatic carbocycles. The first-order valence-electron chi connectivity index (χ1n) is 10.1. The summed E-state index contributed by atoms with van der Waals surface area (Å²) in [7, 11) is 1.88. The number of benzene rings is 1. The summed E-state index contributed by atoms with van der Waals surface area (Å²) in [6.45, 7) is 2.71. The Balaban J connectivity index is 2.06. The number of rotatable bonds is 9. The van der Waals surface area contributed by atoms with Gasteiger partial charge >= 0.3 is 6.18 Å². The fraction of sp³-hybridized carbons (Fsp3) is 0.391. The SMILES string of the molecule is CCCc1c(OCCCN(C)C2=C(Cl)C=C(C#N)C=CC2)ccc(C(=N)C(F)(F)F)c1O. The number of ether oxygens (including phenoxy) is 1. The number of allylic oxidation sites excluding steroid dienone is 5. The number of phenols is 1. The maximum absolute atomic E-state index is 12.9. The van der Waals surface area contributed by atoms with E-state index in [1.54, 1.807) is 12.2 Å². The van der Waals surface area contributed by atoms with Gasteiger partial charge < -0.3 is 14.7 Å². The molecule has 2 N–H and O–H groups in total. The maximum Gasteiger partial charge on any atom is 0.433 e. The van der Waals surface area contributed by atoms with Gasteiger partial charge in [-0.05, 0) is 37.1 Å². The van der Waals surface area contributed by atoms with E-state index in [1.165, 1.54) is 6.07 Å². The van der Waals surface area contributed by atoms with Crippen molar-refractivity contribution in [2.45, 2.75) is 38.8 Å². The molecule has 5 nitrogen and oxygen atoms in total. The van der Waals surface area contributed by atoms with Crippen LogP contribution in [0.5, 0.6) is 11.5 Å². The maximum atomic E-state index is 12.9. The van der Waals surface area contributed by atoms with Crippen LogP contribution in [0.2, 0.25) is 0 Å². The quantitative estimate of drug-likeness (QED) is 0.353. The highest BCUT2D eigenvalue weighted by Gasteiger charge is 2.37. The van der Waals surface area contributed by atoms with Crippen LogP contribution in [0.3, 0.4) is 0 Å². The Labute approximate surface area is 190 Å². The van der Waals surface area contributed by atoms with E-state index in [2.05, 4.69) is 6.07 Å². The number of nitrogens with zero attached hydrogens (tertiary/aromatic N) is 2. The highest BCUT2D eigenvalue weighted by Crippen LogP contribution is 2.36. The van der Waals surface area contributed by atoms with Gasteiger partial charge in [0, 0.05) is 36.8 Å². The molecule has 0 bridgehead atoms. The van der Waals surface area contributed by atoms with E-state index in [0.717, 1.165) is 11.8 Å². The predicted molar refractivity (Wildman–Crippen MR) is 118 cm³/mol. The van der Waals surface area contributed by atoms with Crippen molar-refractivity contribution in [3.05, 3.63) is 57.8 Å². The van der Waals surface area contributed by atoms with Gasteiger partial charge in [0.2, 0.25) is 0 Å². The van der Waals surface area contributed by atoms with Crippen molar-refractivity contribution >= 4 is 17.3 Å². The van der Waals surface area contributed by atoms with Crippen LogP contribution in [0.4, 0.5) is 13.2 Å². The molecular weight excluding hydrogens is 443 g/mol. The molecule has 0 amide bonds. The minimum absolute atomic E-state index is 0.265. The number of nitrogens with one attached hydrogen (secondary N) is 1. The summed E-state index contributed by atoms with van der Waals surface area (Å²) in [5.74, 6) is -0.256. The second-order valence-corrected chi connectivity index (χ2v) is 7.70. The van der Waals surface area contributed by atoms with Crippen molar-refractivity contribution < 1.29 is 23.0 Å². The van der Waals surface area contributed by atoms with Crippen LogP contribution < -0.4 is 4.74 Å². The molecule has 0 heterocycles. The van der Waals surface area contributed by atoms with Crippen molar-refractivity contribution in [1.29, 1.82) is 10.7 Å². The largest absolute Gasteiger partial charge is 0.507 e. The zero-order valence-corrected chi connectivity index (χ0v) is 18.6. The zero-order chi connectivity index (χ0) is 23.9. The van der Waals surface area contributed by atoms with E-state index < -0.39 is 23.2 Å². The molecule has 2 rings (SSSR count). The summed E-state index contributed by atoms with van der Waals surface area (Å²) in [6, 6.07) is 4.50. The van der Waals surface area contributed by atoms with E-state index >= 15 is 0 Å². The van der Waals surface area contributed by atoms with Crippen LogP contribution in [-0.4, -0.2) is 42.1 Å². The highest BCUT2D eigenvalue weighted by atomic mass is 35.5. The van der Waals surface area contributed by atoms with Gasteiger partial charge in [-0.25, -0.2) is 0 Å². The van der Waals surface area contributed by atoms with Gasteiger partial charge in [0.1, 0.15) is 17.2 Å². The summed E-state index contributed by atoms with van der Waals surface area (Å²) >= 11 is 6.32. The number of halogens is 4. The monoisotopic (exact) mass is 467 g/mol. The molecule has 0 fully saturated rings. The van der Waals surface area contributed by atoms with Crippen LogP contribution in [-0.2, 0) is 6.42 Å². The third-order valence-corrected chi connectivity index (χ3v) is 5.27. The van der Waals surface area contributed by atoms with Crippen molar-refractivity contribution in [3.8, 4) is 17.6 Å². The molecule has 9 heteroatoms. The van der Waals surface area contributed by atoms with E-state index in [1.807, 2.05) is 24.9 Å². The predicted octanol–water partition coefficient (Wildman–Crippen LogP) is 5.84. The first kappa shape index (κ1) is 25.3. The zero-order valence-electron chi connectivity index (χ0n) is 17.9. The Bertz CT molecular complexity index is 991. The Morgan fingerprint density at radius 2 is 2.09 bits per heavy atom. The molecule has 0 spiro atoms. The van der Waals surface area contributed by atoms with Crippen molar-refractivity contribution in [3.63, 3.8) is 0 Å². The lowest BCUT2D eigenvalue weighted by atomic mass is 10.00. The van der Waals surface area contributed by atoms with Gasteiger partial charge in [0.15, 0.2) is 0 Å². The van der Waals surface area contributed by atoms with Crippen LogP contribution in [0.1, 0.15) is 37.3 Å². The topological polar surface area (TPSA) is 80.3 Å². The molecule has 1 aliphatic carbocycles. The number of hydrogen-bond donors (Lipinski definition) is 2.